The molecule has 1 aromatic carbocycles. The van der Waals surface area contributed by atoms with Crippen molar-refractivity contribution in [2.24, 2.45) is 0 Å². The van der Waals surface area contributed by atoms with Gasteiger partial charge in [0.25, 0.3) is 0 Å². The normalized spacial score (nSPS) is 20.0. The molecule has 0 saturated carbocycles. The monoisotopic (exact) mass is 262 g/mol. The summed E-state index contributed by atoms with van der Waals surface area (Å²) >= 11 is 0. The number of carbonyl (C=O) groups is 1. The molecule has 1 unspecified atom stereocenters. The van der Waals surface area contributed by atoms with Gasteiger partial charge in [0.15, 0.2) is 0 Å². The molecular weight excluding hydrogens is 240 g/mol. The zero-order valence-corrected chi connectivity index (χ0v) is 11.6. The molecule has 4 heteroatoms. The van der Waals surface area contributed by atoms with Crippen molar-refractivity contribution in [1.82, 2.24) is 10.6 Å². The van der Waals surface area contributed by atoms with Crippen LogP contribution in [0.4, 0.5) is 0 Å². The van der Waals surface area contributed by atoms with Crippen LogP contribution in [-0.2, 0) is 4.79 Å². The van der Waals surface area contributed by atoms with Gasteiger partial charge in [-0.1, -0.05) is 12.1 Å². The molecule has 1 heterocycles. The van der Waals surface area contributed by atoms with Gasteiger partial charge >= 0.3 is 0 Å². The Labute approximate surface area is 114 Å². The largest absolute Gasteiger partial charge is 0.497 e. The molecule has 1 aliphatic rings. The minimum Gasteiger partial charge on any atom is -0.497 e. The fourth-order valence-corrected chi connectivity index (χ4v) is 2.43. The number of nitrogens with one attached hydrogen (secondary N) is 2. The van der Waals surface area contributed by atoms with Gasteiger partial charge in [0, 0.05) is 12.5 Å². The van der Waals surface area contributed by atoms with E-state index >= 15 is 0 Å². The highest BCUT2D eigenvalue weighted by Crippen LogP contribution is 2.17. The lowest BCUT2D eigenvalue weighted by atomic mass is 10.1. The molecular formula is C15H22N2O2. The molecule has 0 aromatic heterocycles. The summed E-state index contributed by atoms with van der Waals surface area (Å²) in [5, 5.41) is 6.38. The Hall–Kier alpha value is -1.55. The van der Waals surface area contributed by atoms with Crippen molar-refractivity contribution in [2.75, 3.05) is 13.7 Å². The van der Waals surface area contributed by atoms with Crippen molar-refractivity contribution in [2.45, 2.75) is 38.3 Å². The van der Waals surface area contributed by atoms with E-state index in [9.17, 15) is 4.79 Å². The minimum absolute atomic E-state index is 0.0276. The number of carbonyl (C=O) groups excluding carboxylic acids is 1. The molecule has 1 saturated heterocycles. The summed E-state index contributed by atoms with van der Waals surface area (Å²) in [5.74, 6) is 0.945. The molecule has 0 bridgehead atoms. The van der Waals surface area contributed by atoms with Crippen LogP contribution >= 0.6 is 0 Å². The Bertz CT molecular complexity index is 411. The van der Waals surface area contributed by atoms with Crippen LogP contribution in [0.5, 0.6) is 5.75 Å². The molecule has 1 aliphatic heterocycles. The Kier molecular flexibility index (Phi) is 4.80. The third kappa shape index (κ3) is 3.96. The number of rotatable bonds is 5. The van der Waals surface area contributed by atoms with E-state index in [-0.39, 0.29) is 11.9 Å². The average Bonchev–Trinajstić information content (AvgIpc) is 2.91. The van der Waals surface area contributed by atoms with Crippen LogP contribution in [0.25, 0.3) is 0 Å². The summed E-state index contributed by atoms with van der Waals surface area (Å²) in [6.45, 7) is 3.04. The lowest BCUT2D eigenvalue weighted by Crippen LogP contribution is -2.33. The molecule has 2 rings (SSSR count). The second-order valence-electron chi connectivity index (χ2n) is 5.06. The smallest absolute Gasteiger partial charge is 0.222 e. The summed E-state index contributed by atoms with van der Waals surface area (Å²) in [7, 11) is 1.65. The van der Waals surface area contributed by atoms with Crippen molar-refractivity contribution >= 4 is 5.91 Å². The SMILES string of the molecule is COc1ccc([C@@H](C)NC(=O)CC2CCCN2)cc1. The van der Waals surface area contributed by atoms with Crippen LogP contribution in [0.3, 0.4) is 0 Å². The van der Waals surface area contributed by atoms with E-state index in [1.165, 1.54) is 6.42 Å². The fourth-order valence-electron chi connectivity index (χ4n) is 2.43. The molecule has 0 spiro atoms. The molecule has 1 fully saturated rings. The molecule has 4 nitrogen and oxygen atoms in total. The standard InChI is InChI=1S/C15H22N2O2/c1-11(12-5-7-14(19-2)8-6-12)17-15(18)10-13-4-3-9-16-13/h5-8,11,13,16H,3-4,9-10H2,1-2H3,(H,17,18)/t11-,13?/m1/s1. The van der Waals surface area contributed by atoms with Crippen molar-refractivity contribution in [3.05, 3.63) is 29.8 Å². The first-order valence-corrected chi connectivity index (χ1v) is 6.85. The zero-order valence-electron chi connectivity index (χ0n) is 11.6. The first-order valence-electron chi connectivity index (χ1n) is 6.85. The molecule has 1 aromatic rings. The number of amides is 1. The maximum Gasteiger partial charge on any atom is 0.222 e. The first kappa shape index (κ1) is 13.9. The number of hydrogen-bond donors (Lipinski definition) is 2. The summed E-state index contributed by atoms with van der Waals surface area (Å²) in [4.78, 5) is 11.9. The van der Waals surface area contributed by atoms with Gasteiger partial charge < -0.3 is 15.4 Å². The number of methoxy groups -OCH3 is 1. The van der Waals surface area contributed by atoms with Gasteiger partial charge in [0.05, 0.1) is 13.2 Å². The predicted molar refractivity (Wildman–Crippen MR) is 75.2 cm³/mol. The van der Waals surface area contributed by atoms with Crippen LogP contribution in [0.2, 0.25) is 0 Å². The van der Waals surface area contributed by atoms with Gasteiger partial charge in [-0.15, -0.1) is 0 Å². The Morgan fingerprint density at radius 3 is 2.79 bits per heavy atom. The van der Waals surface area contributed by atoms with E-state index in [0.717, 1.165) is 24.3 Å². The Morgan fingerprint density at radius 2 is 2.21 bits per heavy atom. The minimum atomic E-state index is 0.0276. The van der Waals surface area contributed by atoms with E-state index in [2.05, 4.69) is 10.6 Å². The quantitative estimate of drug-likeness (QED) is 0.853. The van der Waals surface area contributed by atoms with Gasteiger partial charge in [0.1, 0.15) is 5.75 Å². The van der Waals surface area contributed by atoms with Crippen molar-refractivity contribution in [3.63, 3.8) is 0 Å². The summed E-state index contributed by atoms with van der Waals surface area (Å²) in [5.41, 5.74) is 1.09. The highest BCUT2D eigenvalue weighted by atomic mass is 16.5. The van der Waals surface area contributed by atoms with E-state index in [1.54, 1.807) is 7.11 Å². The number of hydrogen-bond acceptors (Lipinski definition) is 3. The first-order chi connectivity index (χ1) is 9.19. The maximum absolute atomic E-state index is 11.9. The maximum atomic E-state index is 11.9. The van der Waals surface area contributed by atoms with Gasteiger partial charge in [0.2, 0.25) is 5.91 Å². The molecule has 0 aliphatic carbocycles. The van der Waals surface area contributed by atoms with Gasteiger partial charge in [-0.05, 0) is 44.0 Å². The predicted octanol–water partition coefficient (Wildman–Crippen LogP) is 2.01. The van der Waals surface area contributed by atoms with Crippen molar-refractivity contribution < 1.29 is 9.53 Å². The van der Waals surface area contributed by atoms with Crippen LogP contribution in [-0.4, -0.2) is 25.6 Å². The number of benzene rings is 1. The summed E-state index contributed by atoms with van der Waals surface area (Å²) in [6.07, 6.45) is 2.84. The number of ether oxygens (including phenoxy) is 1. The lowest BCUT2D eigenvalue weighted by Gasteiger charge is -2.16. The van der Waals surface area contributed by atoms with Crippen LogP contribution in [0.1, 0.15) is 37.8 Å². The molecule has 2 atom stereocenters. The van der Waals surface area contributed by atoms with E-state index in [4.69, 9.17) is 4.74 Å². The van der Waals surface area contributed by atoms with Crippen molar-refractivity contribution in [3.8, 4) is 5.75 Å². The van der Waals surface area contributed by atoms with Crippen LogP contribution < -0.4 is 15.4 Å². The Morgan fingerprint density at radius 1 is 1.47 bits per heavy atom. The highest BCUT2D eigenvalue weighted by Gasteiger charge is 2.18. The van der Waals surface area contributed by atoms with Gasteiger partial charge in [-0.25, -0.2) is 0 Å². The topological polar surface area (TPSA) is 50.4 Å². The van der Waals surface area contributed by atoms with E-state index in [1.807, 2.05) is 31.2 Å². The second-order valence-corrected chi connectivity index (χ2v) is 5.06. The third-order valence-electron chi connectivity index (χ3n) is 3.59. The molecule has 104 valence electrons. The molecule has 19 heavy (non-hydrogen) atoms. The molecule has 2 N–H and O–H groups in total. The van der Waals surface area contributed by atoms with Gasteiger partial charge in [-0.2, -0.15) is 0 Å². The van der Waals surface area contributed by atoms with Crippen molar-refractivity contribution in [1.29, 1.82) is 0 Å². The lowest BCUT2D eigenvalue weighted by molar-refractivity contribution is -0.122. The molecule has 0 radical (unpaired) electrons. The zero-order chi connectivity index (χ0) is 13.7. The second kappa shape index (κ2) is 6.57. The Balaban J connectivity index is 1.84. The van der Waals surface area contributed by atoms with Crippen LogP contribution in [0.15, 0.2) is 24.3 Å². The average molecular weight is 262 g/mol. The van der Waals surface area contributed by atoms with Gasteiger partial charge in [-0.3, -0.25) is 4.79 Å². The summed E-state index contributed by atoms with van der Waals surface area (Å²) < 4.78 is 5.12. The fraction of sp³-hybridized carbons (Fsp3) is 0.533. The van der Waals surface area contributed by atoms with E-state index < -0.39 is 0 Å². The third-order valence-corrected chi connectivity index (χ3v) is 3.59. The molecule has 1 amide bonds. The summed E-state index contributed by atoms with van der Waals surface area (Å²) in [6, 6.07) is 8.17. The highest BCUT2D eigenvalue weighted by molar-refractivity contribution is 5.77. The van der Waals surface area contributed by atoms with E-state index in [0.29, 0.717) is 12.5 Å². The van der Waals surface area contributed by atoms with Crippen LogP contribution in [0, 0.1) is 0 Å².